The van der Waals surface area contributed by atoms with Gasteiger partial charge in [0.15, 0.2) is 15.7 Å². The van der Waals surface area contributed by atoms with Crippen molar-refractivity contribution in [3.8, 4) is 11.4 Å². The van der Waals surface area contributed by atoms with Gasteiger partial charge in [0.2, 0.25) is 5.91 Å². The Morgan fingerprint density at radius 3 is 2.45 bits per heavy atom. The van der Waals surface area contributed by atoms with Gasteiger partial charge in [-0.15, -0.1) is 10.2 Å². The van der Waals surface area contributed by atoms with Crippen LogP contribution in [0.25, 0.3) is 11.4 Å². The SMILES string of the molecule is CS(=O)(=O)c1ccc(-c2nnc(CCC(=O)N3CCc4ccccc4C3)c(=O)[nH]2)cc1. The Hall–Kier alpha value is -3.33. The highest BCUT2D eigenvalue weighted by Gasteiger charge is 2.20. The maximum atomic E-state index is 12.6. The normalized spacial score (nSPS) is 13.6. The van der Waals surface area contributed by atoms with Gasteiger partial charge in [-0.3, -0.25) is 9.59 Å². The van der Waals surface area contributed by atoms with Crippen molar-refractivity contribution in [1.29, 1.82) is 0 Å². The number of carbonyl (C=O) groups is 1. The van der Waals surface area contributed by atoms with Crippen molar-refractivity contribution in [3.63, 3.8) is 0 Å². The van der Waals surface area contributed by atoms with Crippen LogP contribution in [-0.4, -0.2) is 47.2 Å². The molecule has 0 saturated carbocycles. The van der Waals surface area contributed by atoms with Crippen LogP contribution in [0.15, 0.2) is 58.2 Å². The molecule has 1 aromatic heterocycles. The van der Waals surface area contributed by atoms with Crippen LogP contribution in [0.1, 0.15) is 23.2 Å². The van der Waals surface area contributed by atoms with Crippen molar-refractivity contribution >= 4 is 15.7 Å². The summed E-state index contributed by atoms with van der Waals surface area (Å²) in [5.41, 5.74) is 2.77. The molecule has 1 N–H and O–H groups in total. The molecule has 4 rings (SSSR count). The molecule has 2 aromatic carbocycles. The number of hydrogen-bond donors (Lipinski definition) is 1. The number of aromatic nitrogens is 3. The maximum absolute atomic E-state index is 12.6. The summed E-state index contributed by atoms with van der Waals surface area (Å²) < 4.78 is 23.1. The van der Waals surface area contributed by atoms with Gasteiger partial charge in [0, 0.05) is 37.8 Å². The molecule has 1 amide bonds. The van der Waals surface area contributed by atoms with Gasteiger partial charge in [0.1, 0.15) is 5.69 Å². The number of nitrogens with one attached hydrogen (secondary N) is 1. The molecule has 3 aromatic rings. The topological polar surface area (TPSA) is 113 Å². The summed E-state index contributed by atoms with van der Waals surface area (Å²) in [5, 5.41) is 8.04. The molecule has 1 aliphatic heterocycles. The molecule has 8 nitrogen and oxygen atoms in total. The van der Waals surface area contributed by atoms with E-state index in [1.165, 1.54) is 17.7 Å². The number of aryl methyl sites for hydroxylation is 1. The molecule has 0 aliphatic carbocycles. The fourth-order valence-corrected chi connectivity index (χ4v) is 4.24. The third-order valence-electron chi connectivity index (χ3n) is 5.38. The van der Waals surface area contributed by atoms with Crippen LogP contribution in [0.5, 0.6) is 0 Å². The highest BCUT2D eigenvalue weighted by atomic mass is 32.2. The molecule has 160 valence electrons. The number of nitrogens with zero attached hydrogens (tertiary/aromatic N) is 3. The fourth-order valence-electron chi connectivity index (χ4n) is 3.61. The molecule has 0 atom stereocenters. The average Bonchev–Trinajstić information content (AvgIpc) is 2.77. The molecule has 0 saturated heterocycles. The highest BCUT2D eigenvalue weighted by molar-refractivity contribution is 7.90. The minimum Gasteiger partial charge on any atom is -0.338 e. The Morgan fingerprint density at radius 1 is 1.06 bits per heavy atom. The summed E-state index contributed by atoms with van der Waals surface area (Å²) in [7, 11) is -3.30. The molecule has 0 spiro atoms. The lowest BCUT2D eigenvalue weighted by molar-refractivity contribution is -0.132. The van der Waals surface area contributed by atoms with Crippen molar-refractivity contribution in [3.05, 3.63) is 75.7 Å². The Balaban J connectivity index is 1.41. The van der Waals surface area contributed by atoms with E-state index in [-0.39, 0.29) is 35.2 Å². The standard InChI is InChI=1S/C22H22N4O4S/c1-31(29,30)18-8-6-16(7-9-18)21-23-22(28)19(24-25-21)10-11-20(27)26-13-12-15-4-2-3-5-17(15)14-26/h2-9H,10-14H2,1H3,(H,23,25,28). The van der Waals surface area contributed by atoms with Crippen LogP contribution in [0.4, 0.5) is 0 Å². The van der Waals surface area contributed by atoms with Crippen LogP contribution in [0, 0.1) is 0 Å². The van der Waals surface area contributed by atoms with Crippen LogP contribution in [0.2, 0.25) is 0 Å². The van der Waals surface area contributed by atoms with Gasteiger partial charge < -0.3 is 9.88 Å². The largest absolute Gasteiger partial charge is 0.338 e. The Bertz CT molecular complexity index is 1280. The summed E-state index contributed by atoms with van der Waals surface area (Å²) in [6.07, 6.45) is 2.34. The van der Waals surface area contributed by atoms with E-state index in [0.29, 0.717) is 18.7 Å². The van der Waals surface area contributed by atoms with Crippen LogP contribution in [0.3, 0.4) is 0 Å². The molecule has 0 radical (unpaired) electrons. The van der Waals surface area contributed by atoms with Crippen molar-refractivity contribution in [1.82, 2.24) is 20.1 Å². The molecule has 1 aliphatic rings. The molecule has 0 bridgehead atoms. The van der Waals surface area contributed by atoms with Gasteiger partial charge >= 0.3 is 0 Å². The van der Waals surface area contributed by atoms with Gasteiger partial charge in [-0.2, -0.15) is 0 Å². The summed E-state index contributed by atoms with van der Waals surface area (Å²) >= 11 is 0. The van der Waals surface area contributed by atoms with E-state index in [4.69, 9.17) is 0 Å². The number of amides is 1. The third kappa shape index (κ3) is 4.72. The van der Waals surface area contributed by atoms with Crippen molar-refractivity contribution in [2.75, 3.05) is 12.8 Å². The van der Waals surface area contributed by atoms with Crippen molar-refractivity contribution in [2.24, 2.45) is 0 Å². The van der Waals surface area contributed by atoms with Crippen LogP contribution in [-0.2, 0) is 34.0 Å². The lowest BCUT2D eigenvalue weighted by Crippen LogP contribution is -2.36. The van der Waals surface area contributed by atoms with Gasteiger partial charge in [-0.1, -0.05) is 24.3 Å². The number of H-pyrrole nitrogens is 1. The van der Waals surface area contributed by atoms with Gasteiger partial charge in [0.05, 0.1) is 4.90 Å². The van der Waals surface area contributed by atoms with Crippen LogP contribution >= 0.6 is 0 Å². The number of rotatable bonds is 5. The lowest BCUT2D eigenvalue weighted by Gasteiger charge is -2.28. The van der Waals surface area contributed by atoms with Gasteiger partial charge in [-0.05, 0) is 41.8 Å². The number of aromatic amines is 1. The molecular weight excluding hydrogens is 416 g/mol. The highest BCUT2D eigenvalue weighted by Crippen LogP contribution is 2.19. The molecule has 9 heteroatoms. The van der Waals surface area contributed by atoms with E-state index in [1.807, 2.05) is 23.1 Å². The smallest absolute Gasteiger partial charge is 0.273 e. The van der Waals surface area contributed by atoms with Crippen molar-refractivity contribution in [2.45, 2.75) is 30.7 Å². The summed E-state index contributed by atoms with van der Waals surface area (Å²) in [6, 6.07) is 14.1. The van der Waals surface area contributed by atoms with Gasteiger partial charge in [-0.25, -0.2) is 8.42 Å². The van der Waals surface area contributed by atoms with E-state index in [2.05, 4.69) is 21.2 Å². The Morgan fingerprint density at radius 2 is 1.77 bits per heavy atom. The first kappa shape index (κ1) is 20.9. The predicted molar refractivity (Wildman–Crippen MR) is 115 cm³/mol. The number of hydrogen-bond acceptors (Lipinski definition) is 6. The first-order chi connectivity index (χ1) is 14.8. The second-order valence-electron chi connectivity index (χ2n) is 7.58. The summed E-state index contributed by atoms with van der Waals surface area (Å²) in [5.74, 6) is 0.226. The predicted octanol–water partition coefficient (Wildman–Crippen LogP) is 1.75. The molecular formula is C22H22N4O4S. The fraction of sp³-hybridized carbons (Fsp3) is 0.273. The third-order valence-corrected chi connectivity index (χ3v) is 6.51. The Kier molecular flexibility index (Phi) is 5.69. The number of carbonyl (C=O) groups excluding carboxylic acids is 1. The minimum atomic E-state index is -3.30. The quantitative estimate of drug-likeness (QED) is 0.649. The monoisotopic (exact) mass is 438 g/mol. The molecule has 31 heavy (non-hydrogen) atoms. The van der Waals surface area contributed by atoms with E-state index in [9.17, 15) is 18.0 Å². The first-order valence-electron chi connectivity index (χ1n) is 9.92. The maximum Gasteiger partial charge on any atom is 0.273 e. The first-order valence-corrected chi connectivity index (χ1v) is 11.8. The van der Waals surface area contributed by atoms with E-state index < -0.39 is 15.4 Å². The second kappa shape index (κ2) is 8.43. The Labute approximate surface area is 179 Å². The second-order valence-corrected chi connectivity index (χ2v) is 9.60. The van der Waals surface area contributed by atoms with E-state index >= 15 is 0 Å². The zero-order valence-electron chi connectivity index (χ0n) is 17.0. The van der Waals surface area contributed by atoms with Gasteiger partial charge in [0.25, 0.3) is 5.56 Å². The minimum absolute atomic E-state index is 0.0175. The zero-order valence-corrected chi connectivity index (χ0v) is 17.9. The van der Waals surface area contributed by atoms with E-state index in [1.54, 1.807) is 12.1 Å². The molecule has 0 unspecified atom stereocenters. The van der Waals surface area contributed by atoms with Crippen molar-refractivity contribution < 1.29 is 13.2 Å². The summed E-state index contributed by atoms with van der Waals surface area (Å²) in [4.78, 5) is 29.7. The summed E-state index contributed by atoms with van der Waals surface area (Å²) in [6.45, 7) is 1.25. The zero-order chi connectivity index (χ0) is 22.0. The number of sulfone groups is 1. The van der Waals surface area contributed by atoms with Crippen LogP contribution < -0.4 is 5.56 Å². The average molecular weight is 439 g/mol. The molecule has 2 heterocycles. The lowest BCUT2D eigenvalue weighted by atomic mass is 9.99. The number of fused-ring (bicyclic) bond motifs is 1. The molecule has 0 fully saturated rings. The van der Waals surface area contributed by atoms with E-state index in [0.717, 1.165) is 18.2 Å². The number of benzene rings is 2.